The van der Waals surface area contributed by atoms with Gasteiger partial charge >= 0.3 is 0 Å². The Morgan fingerprint density at radius 1 is 1.07 bits per heavy atom. The Morgan fingerprint density at radius 3 is 2.56 bits per heavy atom. The first kappa shape index (κ1) is 16.5. The smallest absolute Gasteiger partial charge is 0.264 e. The van der Waals surface area contributed by atoms with E-state index in [0.29, 0.717) is 17.2 Å². The second-order valence-corrected chi connectivity index (χ2v) is 9.06. The Kier molecular flexibility index (Phi) is 3.60. The van der Waals surface area contributed by atoms with Gasteiger partial charge in [-0.25, -0.2) is 8.42 Å². The predicted octanol–water partition coefficient (Wildman–Crippen LogP) is 3.89. The lowest BCUT2D eigenvalue weighted by Crippen LogP contribution is -2.32. The van der Waals surface area contributed by atoms with Gasteiger partial charge in [-0.3, -0.25) is 4.31 Å². The van der Waals surface area contributed by atoms with Crippen LogP contribution in [0.2, 0.25) is 0 Å². The van der Waals surface area contributed by atoms with Gasteiger partial charge in [-0.05, 0) is 53.4 Å². The highest BCUT2D eigenvalue weighted by Gasteiger charge is 2.34. The summed E-state index contributed by atoms with van der Waals surface area (Å²) in [5, 5.41) is 4.91. The molecule has 6 nitrogen and oxygen atoms in total. The van der Waals surface area contributed by atoms with Crippen LogP contribution in [-0.4, -0.2) is 22.3 Å². The maximum absolute atomic E-state index is 13.3. The van der Waals surface area contributed by atoms with Gasteiger partial charge in [-0.2, -0.15) is 0 Å². The van der Waals surface area contributed by atoms with Crippen LogP contribution in [0, 0.1) is 0 Å². The van der Waals surface area contributed by atoms with Crippen molar-refractivity contribution >= 4 is 32.7 Å². The van der Waals surface area contributed by atoms with Crippen molar-refractivity contribution in [2.45, 2.75) is 11.4 Å². The van der Waals surface area contributed by atoms with E-state index in [1.54, 1.807) is 31.3 Å². The zero-order valence-corrected chi connectivity index (χ0v) is 16.1. The lowest BCUT2D eigenvalue weighted by molar-refractivity contribution is 0.174. The fourth-order valence-electron chi connectivity index (χ4n) is 3.40. The summed E-state index contributed by atoms with van der Waals surface area (Å²) in [4.78, 5) is 1.19. The van der Waals surface area contributed by atoms with Gasteiger partial charge in [-0.1, -0.05) is 0 Å². The number of nitrogens with zero attached hydrogens (tertiary/aromatic N) is 1. The molecule has 5 rings (SSSR count). The van der Waals surface area contributed by atoms with E-state index in [9.17, 15) is 8.42 Å². The minimum atomic E-state index is -3.69. The number of nitrogens with one attached hydrogen (secondary N) is 1. The van der Waals surface area contributed by atoms with Crippen molar-refractivity contribution in [3.05, 3.63) is 53.4 Å². The third kappa shape index (κ3) is 2.48. The van der Waals surface area contributed by atoms with Gasteiger partial charge in [0.1, 0.15) is 0 Å². The molecule has 0 amide bonds. The van der Waals surface area contributed by atoms with E-state index < -0.39 is 10.0 Å². The summed E-state index contributed by atoms with van der Waals surface area (Å²) in [5.74, 6) is 1.36. The Bertz CT molecular complexity index is 1140. The Morgan fingerprint density at radius 2 is 1.81 bits per heavy atom. The average molecular weight is 400 g/mol. The highest BCUT2D eigenvalue weighted by atomic mass is 32.2. The summed E-state index contributed by atoms with van der Waals surface area (Å²) in [6.07, 6.45) is 0. The number of fused-ring (bicyclic) bond motifs is 4. The molecule has 0 bridgehead atoms. The molecule has 2 aliphatic heterocycles. The van der Waals surface area contributed by atoms with Crippen LogP contribution < -0.4 is 19.1 Å². The van der Waals surface area contributed by atoms with Crippen LogP contribution in [0.4, 0.5) is 11.4 Å². The van der Waals surface area contributed by atoms with Crippen LogP contribution in [0.5, 0.6) is 11.5 Å². The van der Waals surface area contributed by atoms with Gasteiger partial charge < -0.3 is 14.8 Å². The van der Waals surface area contributed by atoms with Crippen LogP contribution in [0.25, 0.3) is 10.4 Å². The first-order valence-electron chi connectivity index (χ1n) is 8.39. The normalized spacial score (nSPS) is 14.6. The summed E-state index contributed by atoms with van der Waals surface area (Å²) in [6.45, 7) is 0.446. The molecule has 0 saturated heterocycles. The van der Waals surface area contributed by atoms with Crippen LogP contribution in [-0.2, 0) is 16.6 Å². The number of ether oxygens (including phenoxy) is 2. The number of sulfonamides is 1. The van der Waals surface area contributed by atoms with Crippen molar-refractivity contribution < 1.29 is 17.9 Å². The van der Waals surface area contributed by atoms with Crippen molar-refractivity contribution in [2.24, 2.45) is 0 Å². The molecule has 0 fully saturated rings. The zero-order chi connectivity index (χ0) is 18.6. The minimum Gasteiger partial charge on any atom is -0.454 e. The first-order chi connectivity index (χ1) is 13.1. The summed E-state index contributed by atoms with van der Waals surface area (Å²) < 4.78 is 39.1. The Hall–Kier alpha value is -2.71. The Balaban J connectivity index is 1.62. The molecule has 0 radical (unpaired) electrons. The predicted molar refractivity (Wildman–Crippen MR) is 105 cm³/mol. The van der Waals surface area contributed by atoms with Crippen molar-refractivity contribution in [1.29, 1.82) is 0 Å². The topological polar surface area (TPSA) is 67.9 Å². The fraction of sp³-hybridized carbons (Fsp3) is 0.158. The molecule has 0 unspecified atom stereocenters. The summed E-state index contributed by atoms with van der Waals surface area (Å²) >= 11 is 1.52. The lowest BCUT2D eigenvalue weighted by Gasteiger charge is -2.30. The highest BCUT2D eigenvalue weighted by Crippen LogP contribution is 2.48. The first-order valence-corrected chi connectivity index (χ1v) is 10.7. The van der Waals surface area contributed by atoms with E-state index in [-0.39, 0.29) is 18.2 Å². The molecular weight excluding hydrogens is 384 g/mol. The molecule has 8 heteroatoms. The third-order valence-electron chi connectivity index (χ3n) is 4.80. The summed E-state index contributed by atoms with van der Waals surface area (Å²) in [7, 11) is -1.89. The molecule has 3 heterocycles. The van der Waals surface area contributed by atoms with E-state index in [0.717, 1.165) is 21.7 Å². The van der Waals surface area contributed by atoms with Gasteiger partial charge in [0.15, 0.2) is 11.5 Å². The summed E-state index contributed by atoms with van der Waals surface area (Å²) in [6, 6.07) is 12.5. The van der Waals surface area contributed by atoms with Gasteiger partial charge in [0.2, 0.25) is 6.79 Å². The fourth-order valence-corrected chi connectivity index (χ4v) is 5.86. The number of benzene rings is 2. The lowest BCUT2D eigenvalue weighted by atomic mass is 10.0. The highest BCUT2D eigenvalue weighted by molar-refractivity contribution is 7.92. The molecule has 0 atom stereocenters. The molecule has 138 valence electrons. The van der Waals surface area contributed by atoms with E-state index in [2.05, 4.69) is 5.32 Å². The standard InChI is InChI=1S/C19H16N2O4S2/c1-20-13-2-4-14(5-3-13)27(22,23)21-10-12-8-17-18(25-11-24-17)9-15(12)19-16(21)6-7-26-19/h2-9,20H,10-11H2,1H3. The number of anilines is 2. The van der Waals surface area contributed by atoms with Gasteiger partial charge in [0.05, 0.1) is 22.0 Å². The van der Waals surface area contributed by atoms with E-state index in [1.807, 2.05) is 23.6 Å². The number of hydrogen-bond donors (Lipinski definition) is 1. The van der Waals surface area contributed by atoms with E-state index >= 15 is 0 Å². The minimum absolute atomic E-state index is 0.190. The number of rotatable bonds is 3. The maximum Gasteiger partial charge on any atom is 0.264 e. The van der Waals surface area contributed by atoms with E-state index in [1.165, 1.54) is 15.6 Å². The van der Waals surface area contributed by atoms with Crippen LogP contribution in [0.3, 0.4) is 0 Å². The quantitative estimate of drug-likeness (QED) is 0.722. The van der Waals surface area contributed by atoms with Crippen LogP contribution in [0.15, 0.2) is 52.7 Å². The molecule has 1 N–H and O–H groups in total. The molecule has 2 aromatic carbocycles. The monoisotopic (exact) mass is 400 g/mol. The SMILES string of the molecule is CNc1ccc(S(=O)(=O)N2Cc3cc4c(cc3-c3sccc32)OCO4)cc1. The number of hydrogen-bond acceptors (Lipinski definition) is 6. The van der Waals surface area contributed by atoms with Crippen molar-refractivity contribution in [2.75, 3.05) is 23.5 Å². The second-order valence-electron chi connectivity index (χ2n) is 6.28. The van der Waals surface area contributed by atoms with Gasteiger partial charge in [0.25, 0.3) is 10.0 Å². The Labute approximate surface area is 161 Å². The molecule has 27 heavy (non-hydrogen) atoms. The molecule has 0 spiro atoms. The molecule has 1 aromatic heterocycles. The largest absolute Gasteiger partial charge is 0.454 e. The second kappa shape index (κ2) is 5.90. The van der Waals surface area contributed by atoms with Crippen LogP contribution >= 0.6 is 11.3 Å². The van der Waals surface area contributed by atoms with Crippen molar-refractivity contribution in [1.82, 2.24) is 0 Å². The maximum atomic E-state index is 13.3. The van der Waals surface area contributed by atoms with E-state index in [4.69, 9.17) is 9.47 Å². The van der Waals surface area contributed by atoms with Gasteiger partial charge in [-0.15, -0.1) is 11.3 Å². The third-order valence-corrected chi connectivity index (χ3v) is 7.51. The molecule has 3 aromatic rings. The molecule has 0 aliphatic carbocycles. The molecule has 2 aliphatic rings. The summed E-state index contributed by atoms with van der Waals surface area (Å²) in [5.41, 5.74) is 3.47. The van der Waals surface area contributed by atoms with Crippen molar-refractivity contribution in [3.8, 4) is 21.9 Å². The van der Waals surface area contributed by atoms with Crippen molar-refractivity contribution in [3.63, 3.8) is 0 Å². The number of thiophene rings is 1. The molecular formula is C19H16N2O4S2. The average Bonchev–Trinajstić information content (AvgIpc) is 3.34. The molecule has 0 saturated carbocycles. The zero-order valence-electron chi connectivity index (χ0n) is 14.4. The van der Waals surface area contributed by atoms with Crippen LogP contribution in [0.1, 0.15) is 5.56 Å². The van der Waals surface area contributed by atoms with Gasteiger partial charge in [0, 0.05) is 18.3 Å².